The highest BCUT2D eigenvalue weighted by Crippen LogP contribution is 2.31. The smallest absolute Gasteiger partial charge is 0.261 e. The van der Waals surface area contributed by atoms with Crippen molar-refractivity contribution in [2.24, 2.45) is 0 Å². The van der Waals surface area contributed by atoms with Crippen molar-refractivity contribution >= 4 is 17.6 Å². The van der Waals surface area contributed by atoms with Gasteiger partial charge in [0.15, 0.2) is 5.83 Å². The Bertz CT molecular complexity index is 570. The van der Waals surface area contributed by atoms with Gasteiger partial charge in [0.05, 0.1) is 0 Å². The van der Waals surface area contributed by atoms with Crippen molar-refractivity contribution in [3.05, 3.63) is 40.2 Å². The number of hydrogen-bond acceptors (Lipinski definition) is 2. The Balaban J connectivity index is 2.28. The third-order valence-corrected chi connectivity index (χ3v) is 3.50. The van der Waals surface area contributed by atoms with Crippen LogP contribution in [0.4, 0.5) is 4.39 Å². The normalized spacial score (nSPS) is 18.5. The molecule has 1 aromatic rings. The molecular weight excluding hydrogens is 219 g/mol. The van der Waals surface area contributed by atoms with Crippen molar-refractivity contribution in [3.8, 4) is 0 Å². The zero-order chi connectivity index (χ0) is 12.0. The zero-order valence-corrected chi connectivity index (χ0v) is 9.25. The highest BCUT2D eigenvalue weighted by molar-refractivity contribution is 6.51. The molecule has 2 aliphatic rings. The first-order valence-corrected chi connectivity index (χ1v) is 5.79. The van der Waals surface area contributed by atoms with Gasteiger partial charge in [-0.15, -0.1) is 0 Å². The topological polar surface area (TPSA) is 34.1 Å². The lowest BCUT2D eigenvalue weighted by Gasteiger charge is -2.21. The van der Waals surface area contributed by atoms with Gasteiger partial charge in [-0.2, -0.15) is 0 Å². The Morgan fingerprint density at radius 3 is 2.59 bits per heavy atom. The molecule has 0 saturated heterocycles. The van der Waals surface area contributed by atoms with Crippen LogP contribution in [-0.2, 0) is 17.6 Å². The average molecular weight is 230 g/mol. The van der Waals surface area contributed by atoms with Gasteiger partial charge < -0.3 is 0 Å². The minimum absolute atomic E-state index is 0.439. The van der Waals surface area contributed by atoms with Crippen molar-refractivity contribution in [1.82, 2.24) is 0 Å². The molecule has 0 atom stereocenters. The summed E-state index contributed by atoms with van der Waals surface area (Å²) in [7, 11) is 0. The van der Waals surface area contributed by atoms with Gasteiger partial charge in [-0.1, -0.05) is 12.1 Å². The number of benzene rings is 1. The van der Waals surface area contributed by atoms with Gasteiger partial charge in [-0.3, -0.25) is 9.59 Å². The van der Waals surface area contributed by atoms with Gasteiger partial charge in [-0.25, -0.2) is 4.39 Å². The van der Waals surface area contributed by atoms with Crippen molar-refractivity contribution < 1.29 is 14.0 Å². The van der Waals surface area contributed by atoms with E-state index in [9.17, 15) is 14.0 Å². The molecule has 0 fully saturated rings. The van der Waals surface area contributed by atoms with Crippen LogP contribution in [0.5, 0.6) is 0 Å². The molecule has 0 aliphatic heterocycles. The average Bonchev–Trinajstić information content (AvgIpc) is 2.35. The van der Waals surface area contributed by atoms with E-state index in [4.69, 9.17) is 0 Å². The second-order valence-electron chi connectivity index (χ2n) is 4.53. The van der Waals surface area contributed by atoms with Crippen LogP contribution < -0.4 is 0 Å². The molecule has 0 radical (unpaired) electrons. The molecular formula is C14H11FO2. The SMILES string of the molecule is O=C1C(=O)c2c(ccc3c2CCCC3)C=C1F. The third kappa shape index (κ3) is 1.46. The lowest BCUT2D eigenvalue weighted by atomic mass is 9.82. The molecule has 2 aliphatic carbocycles. The molecule has 0 N–H and O–H groups in total. The number of fused-ring (bicyclic) bond motifs is 3. The van der Waals surface area contributed by atoms with E-state index in [2.05, 4.69) is 0 Å². The van der Waals surface area contributed by atoms with Gasteiger partial charge in [-0.05, 0) is 48.4 Å². The highest BCUT2D eigenvalue weighted by atomic mass is 19.1. The lowest BCUT2D eigenvalue weighted by molar-refractivity contribution is -0.113. The monoisotopic (exact) mass is 230 g/mol. The standard InChI is InChI=1S/C14H11FO2/c15-11-7-9-6-5-8-3-1-2-4-10(8)12(9)14(17)13(11)16/h5-7H,1-4H2. The number of aryl methyl sites for hydroxylation is 1. The fourth-order valence-corrected chi connectivity index (χ4v) is 2.66. The first-order valence-electron chi connectivity index (χ1n) is 5.79. The molecule has 0 unspecified atom stereocenters. The number of allylic oxidation sites excluding steroid dienone is 1. The van der Waals surface area contributed by atoms with E-state index in [1.807, 2.05) is 6.07 Å². The Morgan fingerprint density at radius 1 is 1.00 bits per heavy atom. The summed E-state index contributed by atoms with van der Waals surface area (Å²) in [5.74, 6) is -2.63. The van der Waals surface area contributed by atoms with Gasteiger partial charge in [0.25, 0.3) is 5.78 Å². The van der Waals surface area contributed by atoms with Crippen LogP contribution in [-0.4, -0.2) is 11.6 Å². The molecule has 3 heteroatoms. The zero-order valence-electron chi connectivity index (χ0n) is 9.25. The number of carbonyl (C=O) groups is 2. The van der Waals surface area contributed by atoms with Crippen molar-refractivity contribution in [3.63, 3.8) is 0 Å². The third-order valence-electron chi connectivity index (χ3n) is 3.50. The van der Waals surface area contributed by atoms with E-state index in [1.165, 1.54) is 6.08 Å². The quantitative estimate of drug-likeness (QED) is 0.642. The molecule has 0 saturated carbocycles. The lowest BCUT2D eigenvalue weighted by Crippen LogP contribution is -2.23. The van der Waals surface area contributed by atoms with Gasteiger partial charge >= 0.3 is 0 Å². The van der Waals surface area contributed by atoms with E-state index in [0.29, 0.717) is 11.1 Å². The molecule has 1 aromatic carbocycles. The van der Waals surface area contributed by atoms with Crippen LogP contribution in [0.2, 0.25) is 0 Å². The molecule has 86 valence electrons. The van der Waals surface area contributed by atoms with Crippen molar-refractivity contribution in [1.29, 1.82) is 0 Å². The first kappa shape index (κ1) is 10.4. The van der Waals surface area contributed by atoms with Crippen molar-refractivity contribution in [2.75, 3.05) is 0 Å². The minimum Gasteiger partial charge on any atom is -0.285 e. The maximum atomic E-state index is 13.2. The summed E-state index contributed by atoms with van der Waals surface area (Å²) in [5, 5.41) is 0. The van der Waals surface area contributed by atoms with Crippen LogP contribution >= 0.6 is 0 Å². The van der Waals surface area contributed by atoms with E-state index < -0.39 is 17.4 Å². The van der Waals surface area contributed by atoms with Gasteiger partial charge in [0.2, 0.25) is 5.78 Å². The predicted octanol–water partition coefficient (Wildman–Crippen LogP) is 2.64. The van der Waals surface area contributed by atoms with Crippen LogP contribution in [0.3, 0.4) is 0 Å². The molecule has 0 spiro atoms. The molecule has 17 heavy (non-hydrogen) atoms. The minimum atomic E-state index is -1.00. The van der Waals surface area contributed by atoms with E-state index in [-0.39, 0.29) is 0 Å². The Hall–Kier alpha value is -1.77. The fraction of sp³-hybridized carbons (Fsp3) is 0.286. The predicted molar refractivity (Wildman–Crippen MR) is 61.5 cm³/mol. The van der Waals surface area contributed by atoms with Gasteiger partial charge in [0, 0.05) is 5.56 Å². The number of ketones is 2. The maximum absolute atomic E-state index is 13.2. The largest absolute Gasteiger partial charge is 0.285 e. The summed E-state index contributed by atoms with van der Waals surface area (Å²) in [4.78, 5) is 23.2. The number of carbonyl (C=O) groups excluding carboxylic acids is 2. The van der Waals surface area contributed by atoms with Crippen LogP contribution in [0.1, 0.15) is 39.9 Å². The van der Waals surface area contributed by atoms with Crippen LogP contribution in [0.25, 0.3) is 6.08 Å². The summed E-state index contributed by atoms with van der Waals surface area (Å²) in [6.45, 7) is 0. The van der Waals surface area contributed by atoms with Crippen molar-refractivity contribution in [2.45, 2.75) is 25.7 Å². The number of rotatable bonds is 0. The molecule has 0 aromatic heterocycles. The second-order valence-corrected chi connectivity index (χ2v) is 4.53. The van der Waals surface area contributed by atoms with Gasteiger partial charge in [0.1, 0.15) is 0 Å². The maximum Gasteiger partial charge on any atom is 0.261 e. The summed E-state index contributed by atoms with van der Waals surface area (Å²) >= 11 is 0. The summed E-state index contributed by atoms with van der Waals surface area (Å²) in [5.41, 5.74) is 3.07. The molecule has 2 nitrogen and oxygen atoms in total. The Kier molecular flexibility index (Phi) is 2.21. The van der Waals surface area contributed by atoms with E-state index in [1.54, 1.807) is 6.07 Å². The Morgan fingerprint density at radius 2 is 1.76 bits per heavy atom. The first-order chi connectivity index (χ1) is 8.18. The number of halogens is 1. The Labute approximate surface area is 98.1 Å². The van der Waals surface area contributed by atoms with E-state index in [0.717, 1.165) is 36.8 Å². The molecule has 0 bridgehead atoms. The van der Waals surface area contributed by atoms with Crippen LogP contribution in [0.15, 0.2) is 18.0 Å². The second kappa shape index (κ2) is 3.62. The summed E-state index contributed by atoms with van der Waals surface area (Å²) in [6.07, 6.45) is 5.06. The fourth-order valence-electron chi connectivity index (χ4n) is 2.66. The number of hydrogen-bond donors (Lipinski definition) is 0. The molecule has 0 amide bonds. The summed E-state index contributed by atoms with van der Waals surface area (Å²) in [6, 6.07) is 3.68. The molecule has 0 heterocycles. The number of Topliss-reactive ketones (excluding diaryl/α,β-unsaturated/α-hetero) is 2. The molecule has 3 rings (SSSR count). The highest BCUT2D eigenvalue weighted by Gasteiger charge is 2.31. The van der Waals surface area contributed by atoms with Crippen LogP contribution in [0, 0.1) is 0 Å². The van der Waals surface area contributed by atoms with E-state index >= 15 is 0 Å². The summed E-state index contributed by atoms with van der Waals surface area (Å²) < 4.78 is 13.2.